The Morgan fingerprint density at radius 2 is 1.97 bits per heavy atom. The molecule has 1 saturated heterocycles. The summed E-state index contributed by atoms with van der Waals surface area (Å²) in [5.41, 5.74) is 4.22. The van der Waals surface area contributed by atoms with Gasteiger partial charge in [-0.3, -0.25) is 4.79 Å². The highest BCUT2D eigenvalue weighted by Gasteiger charge is 2.26. The number of carbonyl (C=O) groups is 1. The molecule has 1 aliphatic rings. The first kappa shape index (κ1) is 19.6. The van der Waals surface area contributed by atoms with Crippen LogP contribution in [-0.4, -0.2) is 33.9 Å². The molecule has 0 aliphatic carbocycles. The van der Waals surface area contributed by atoms with E-state index in [0.29, 0.717) is 23.6 Å². The zero-order chi connectivity index (χ0) is 20.9. The van der Waals surface area contributed by atoms with Crippen LogP contribution in [0.3, 0.4) is 0 Å². The minimum Gasteiger partial charge on any atom is -0.338 e. The molecule has 1 atom stereocenters. The first-order valence-corrected chi connectivity index (χ1v) is 10.1. The minimum absolute atomic E-state index is 0.00324. The van der Waals surface area contributed by atoms with Gasteiger partial charge < -0.3 is 10.2 Å². The molecule has 1 fully saturated rings. The summed E-state index contributed by atoms with van der Waals surface area (Å²) in [6.07, 6.45) is 3.68. The van der Waals surface area contributed by atoms with Crippen molar-refractivity contribution < 1.29 is 4.79 Å². The highest BCUT2D eigenvalue weighted by atomic mass is 16.2. The Bertz CT molecular complexity index is 1090. The van der Waals surface area contributed by atoms with Crippen LogP contribution >= 0.6 is 0 Å². The maximum absolute atomic E-state index is 12.9. The summed E-state index contributed by atoms with van der Waals surface area (Å²) >= 11 is 0. The lowest BCUT2D eigenvalue weighted by Crippen LogP contribution is -2.39. The highest BCUT2D eigenvalue weighted by Crippen LogP contribution is 2.27. The van der Waals surface area contributed by atoms with Crippen LogP contribution in [0.25, 0.3) is 0 Å². The molecule has 150 valence electrons. The number of para-hydroxylation sites is 1. The number of likely N-dealkylation sites (tertiary alicyclic amines) is 1. The molecule has 0 spiro atoms. The van der Waals surface area contributed by atoms with Gasteiger partial charge in [0.25, 0.3) is 5.91 Å². The van der Waals surface area contributed by atoms with Crippen LogP contribution in [0.4, 0.5) is 11.6 Å². The fourth-order valence-corrected chi connectivity index (χ4v) is 3.77. The van der Waals surface area contributed by atoms with Crippen LogP contribution < -0.4 is 5.32 Å². The summed E-state index contributed by atoms with van der Waals surface area (Å²) in [6.45, 7) is 3.40. The van der Waals surface area contributed by atoms with E-state index in [0.717, 1.165) is 36.3 Å². The van der Waals surface area contributed by atoms with Gasteiger partial charge in [0, 0.05) is 36.5 Å². The van der Waals surface area contributed by atoms with Crippen molar-refractivity contribution in [3.8, 4) is 6.07 Å². The maximum atomic E-state index is 12.9. The lowest BCUT2D eigenvalue weighted by atomic mass is 9.94. The first-order valence-electron chi connectivity index (χ1n) is 10.1. The number of nitriles is 1. The van der Waals surface area contributed by atoms with E-state index in [-0.39, 0.29) is 11.8 Å². The number of rotatable bonds is 4. The van der Waals surface area contributed by atoms with Crippen molar-refractivity contribution in [1.82, 2.24) is 14.9 Å². The Kier molecular flexibility index (Phi) is 5.71. The molecule has 1 amide bonds. The van der Waals surface area contributed by atoms with E-state index in [2.05, 4.69) is 16.4 Å². The third kappa shape index (κ3) is 4.31. The quantitative estimate of drug-likeness (QED) is 0.705. The number of nitrogens with one attached hydrogen (secondary N) is 1. The molecule has 1 aliphatic heterocycles. The number of hydrogen-bond donors (Lipinski definition) is 1. The van der Waals surface area contributed by atoms with Gasteiger partial charge in [0.05, 0.1) is 17.3 Å². The summed E-state index contributed by atoms with van der Waals surface area (Å²) in [5, 5.41) is 12.2. The molecule has 4 rings (SSSR count). The van der Waals surface area contributed by atoms with Crippen molar-refractivity contribution in [2.75, 3.05) is 18.4 Å². The lowest BCUT2D eigenvalue weighted by molar-refractivity contribution is 0.0706. The second kappa shape index (κ2) is 8.75. The molecule has 6 heteroatoms. The van der Waals surface area contributed by atoms with Gasteiger partial charge in [-0.25, -0.2) is 9.97 Å². The van der Waals surface area contributed by atoms with E-state index in [1.54, 1.807) is 30.5 Å². The summed E-state index contributed by atoms with van der Waals surface area (Å²) in [6, 6.07) is 18.8. The molecule has 1 aromatic heterocycles. The Morgan fingerprint density at radius 3 is 2.73 bits per heavy atom. The molecule has 1 N–H and O–H groups in total. The van der Waals surface area contributed by atoms with Crippen molar-refractivity contribution in [3.05, 3.63) is 83.2 Å². The average molecular weight is 397 g/mol. The van der Waals surface area contributed by atoms with Crippen LogP contribution in [0, 0.1) is 18.3 Å². The second-order valence-corrected chi connectivity index (χ2v) is 7.52. The van der Waals surface area contributed by atoms with Crippen molar-refractivity contribution in [2.24, 2.45) is 0 Å². The van der Waals surface area contributed by atoms with Crippen molar-refractivity contribution in [3.63, 3.8) is 0 Å². The normalized spacial score (nSPS) is 16.0. The highest BCUT2D eigenvalue weighted by molar-refractivity contribution is 5.94. The largest absolute Gasteiger partial charge is 0.338 e. The number of nitrogens with zero attached hydrogens (tertiary/aromatic N) is 4. The number of carbonyl (C=O) groups excluding carboxylic acids is 1. The van der Waals surface area contributed by atoms with Gasteiger partial charge in [-0.15, -0.1) is 0 Å². The van der Waals surface area contributed by atoms with Crippen LogP contribution in [0.2, 0.25) is 0 Å². The summed E-state index contributed by atoms with van der Waals surface area (Å²) < 4.78 is 0. The van der Waals surface area contributed by atoms with E-state index in [1.165, 1.54) is 0 Å². The summed E-state index contributed by atoms with van der Waals surface area (Å²) in [5.74, 6) is 0.732. The van der Waals surface area contributed by atoms with Crippen LogP contribution in [0.15, 0.2) is 60.8 Å². The monoisotopic (exact) mass is 397 g/mol. The molecule has 0 radical (unpaired) electrons. The molecular weight excluding hydrogens is 374 g/mol. The van der Waals surface area contributed by atoms with Gasteiger partial charge in [-0.2, -0.15) is 5.26 Å². The number of aryl methyl sites for hydroxylation is 1. The van der Waals surface area contributed by atoms with E-state index in [1.807, 2.05) is 42.2 Å². The van der Waals surface area contributed by atoms with Crippen molar-refractivity contribution >= 4 is 17.5 Å². The Morgan fingerprint density at radius 1 is 1.17 bits per heavy atom. The molecule has 2 aromatic carbocycles. The molecular formula is C24H23N5O. The maximum Gasteiger partial charge on any atom is 0.253 e. The number of aromatic nitrogens is 2. The first-order chi connectivity index (χ1) is 14.6. The van der Waals surface area contributed by atoms with Crippen molar-refractivity contribution in [2.45, 2.75) is 25.7 Å². The summed E-state index contributed by atoms with van der Waals surface area (Å²) in [4.78, 5) is 23.9. The van der Waals surface area contributed by atoms with Gasteiger partial charge >= 0.3 is 0 Å². The number of amides is 1. The molecule has 0 unspecified atom stereocenters. The van der Waals surface area contributed by atoms with Crippen LogP contribution in [0.5, 0.6) is 0 Å². The molecule has 30 heavy (non-hydrogen) atoms. The SMILES string of the molecule is Cc1ccccc1Nc1nccc([C@@H]2CCCN(C(=O)c3ccc(C#N)cc3)C2)n1. The molecule has 3 aromatic rings. The number of anilines is 2. The Hall–Kier alpha value is -3.72. The van der Waals surface area contributed by atoms with Gasteiger partial charge in [0.2, 0.25) is 5.95 Å². The van der Waals surface area contributed by atoms with Crippen molar-refractivity contribution in [1.29, 1.82) is 5.26 Å². The zero-order valence-electron chi connectivity index (χ0n) is 16.9. The predicted molar refractivity (Wildman–Crippen MR) is 116 cm³/mol. The third-order valence-electron chi connectivity index (χ3n) is 5.46. The predicted octanol–water partition coefficient (Wildman–Crippen LogP) is 4.42. The van der Waals surface area contributed by atoms with Gasteiger partial charge in [-0.05, 0) is 61.7 Å². The molecule has 0 saturated carbocycles. The van der Waals surface area contributed by atoms with Crippen LogP contribution in [-0.2, 0) is 0 Å². The topological polar surface area (TPSA) is 81.9 Å². The molecule has 2 heterocycles. The average Bonchev–Trinajstić information content (AvgIpc) is 2.80. The van der Waals surface area contributed by atoms with E-state index >= 15 is 0 Å². The van der Waals surface area contributed by atoms with E-state index < -0.39 is 0 Å². The smallest absolute Gasteiger partial charge is 0.253 e. The minimum atomic E-state index is -0.00324. The summed E-state index contributed by atoms with van der Waals surface area (Å²) in [7, 11) is 0. The van der Waals surface area contributed by atoms with Gasteiger partial charge in [-0.1, -0.05) is 18.2 Å². The zero-order valence-corrected chi connectivity index (χ0v) is 16.9. The van der Waals surface area contributed by atoms with Gasteiger partial charge in [0.15, 0.2) is 0 Å². The standard InChI is InChI=1S/C24H23N5O/c1-17-5-2-3-7-21(17)27-24-26-13-12-22(28-24)20-6-4-14-29(16-20)23(30)19-10-8-18(15-25)9-11-19/h2-3,5,7-13,20H,4,6,14,16H2,1H3,(H,26,27,28)/t20-/m1/s1. The van der Waals surface area contributed by atoms with E-state index in [9.17, 15) is 4.79 Å². The second-order valence-electron chi connectivity index (χ2n) is 7.52. The number of piperidine rings is 1. The Labute approximate surface area is 176 Å². The number of benzene rings is 2. The third-order valence-corrected chi connectivity index (χ3v) is 5.46. The fourth-order valence-electron chi connectivity index (χ4n) is 3.77. The molecule has 6 nitrogen and oxygen atoms in total. The van der Waals surface area contributed by atoms with Crippen LogP contribution in [0.1, 0.15) is 45.9 Å². The lowest BCUT2D eigenvalue weighted by Gasteiger charge is -2.32. The van der Waals surface area contributed by atoms with Gasteiger partial charge in [0.1, 0.15) is 0 Å². The van der Waals surface area contributed by atoms with E-state index in [4.69, 9.17) is 10.2 Å². The number of hydrogen-bond acceptors (Lipinski definition) is 5. The fraction of sp³-hybridized carbons (Fsp3) is 0.250. The Balaban J connectivity index is 1.48. The molecule has 0 bridgehead atoms.